The van der Waals surface area contributed by atoms with Crippen LogP contribution >= 0.6 is 15.9 Å². The minimum absolute atomic E-state index is 0.187. The fourth-order valence-electron chi connectivity index (χ4n) is 1.61. The second-order valence-electron chi connectivity index (χ2n) is 3.93. The van der Waals surface area contributed by atoms with Crippen LogP contribution in [0.1, 0.15) is 24.5 Å². The lowest BCUT2D eigenvalue weighted by Gasteiger charge is -2.15. The zero-order valence-electron chi connectivity index (χ0n) is 10.4. The Balaban J connectivity index is 2.64. The van der Waals surface area contributed by atoms with E-state index in [0.717, 1.165) is 4.68 Å². The lowest BCUT2D eigenvalue weighted by molar-refractivity contribution is -0.139. The molecule has 100 valence electrons. The summed E-state index contributed by atoms with van der Waals surface area (Å²) in [7, 11) is 0. The topological polar surface area (TPSA) is 73.2 Å². The van der Waals surface area contributed by atoms with Gasteiger partial charge in [-0.05, 0) is 19.1 Å². The Kier molecular flexibility index (Phi) is 3.84. The van der Waals surface area contributed by atoms with E-state index in [0.29, 0.717) is 16.7 Å². The first-order valence-corrected chi connectivity index (χ1v) is 6.51. The first-order chi connectivity index (χ1) is 9.00. The molecular weight excluding hydrogens is 314 g/mol. The van der Waals surface area contributed by atoms with Gasteiger partial charge in [-0.1, -0.05) is 28.1 Å². The Morgan fingerprint density at radius 3 is 2.79 bits per heavy atom. The van der Waals surface area contributed by atoms with E-state index in [2.05, 4.69) is 31.3 Å². The van der Waals surface area contributed by atoms with Gasteiger partial charge in [-0.15, -0.1) is 5.59 Å². The first kappa shape index (κ1) is 13.5. The zero-order valence-corrected chi connectivity index (χ0v) is 12.0. The van der Waals surface area contributed by atoms with Gasteiger partial charge in [-0.3, -0.25) is 4.79 Å². The molecule has 1 N–H and O–H groups in total. The maximum atomic E-state index is 12.3. The van der Waals surface area contributed by atoms with Gasteiger partial charge in [0, 0.05) is 6.92 Å². The first-order valence-electron chi connectivity index (χ1n) is 5.60. The molecule has 0 aliphatic rings. The number of benzene rings is 1. The summed E-state index contributed by atoms with van der Waals surface area (Å²) < 4.78 is 1.11. The zero-order chi connectivity index (χ0) is 14.0. The molecular formula is C12H12BrN3O3. The van der Waals surface area contributed by atoms with Crippen molar-refractivity contribution in [3.63, 3.8) is 0 Å². The van der Waals surface area contributed by atoms with Gasteiger partial charge in [0.15, 0.2) is 0 Å². The smallest absolute Gasteiger partial charge is 0.328 e. The Hall–Kier alpha value is -1.89. The summed E-state index contributed by atoms with van der Waals surface area (Å²) in [5.41, 5.74) is 2.58. The number of fused-ring (bicyclic) bond motifs is 1. The molecule has 0 fully saturated rings. The molecule has 0 saturated carbocycles. The Morgan fingerprint density at radius 2 is 2.16 bits per heavy atom. The summed E-state index contributed by atoms with van der Waals surface area (Å²) in [6.07, 6.45) is 0. The number of rotatable bonds is 3. The predicted octanol–water partition coefficient (Wildman–Crippen LogP) is 1.87. The maximum Gasteiger partial charge on any atom is 0.331 e. The molecule has 19 heavy (non-hydrogen) atoms. The van der Waals surface area contributed by atoms with Crippen molar-refractivity contribution in [2.75, 3.05) is 5.59 Å². The van der Waals surface area contributed by atoms with Crippen molar-refractivity contribution in [3.8, 4) is 0 Å². The van der Waals surface area contributed by atoms with E-state index in [1.807, 2.05) is 6.92 Å². The molecule has 0 radical (unpaired) electrons. The molecule has 0 aliphatic carbocycles. The average molecular weight is 326 g/mol. The number of aromatic nitrogens is 2. The van der Waals surface area contributed by atoms with E-state index in [-0.39, 0.29) is 10.4 Å². The molecule has 0 bridgehead atoms. The van der Waals surface area contributed by atoms with Crippen LogP contribution in [0, 0.1) is 0 Å². The third-order valence-corrected chi connectivity index (χ3v) is 2.85. The third-order valence-electron chi connectivity index (χ3n) is 2.44. The van der Waals surface area contributed by atoms with E-state index in [1.165, 1.54) is 6.92 Å². The summed E-state index contributed by atoms with van der Waals surface area (Å²) in [5.74, 6) is -0.127. The Bertz CT molecular complexity index is 681. The quantitative estimate of drug-likeness (QED) is 0.689. The molecule has 0 saturated heterocycles. The number of alkyl halides is 1. The van der Waals surface area contributed by atoms with Crippen LogP contribution in [0.5, 0.6) is 0 Å². The van der Waals surface area contributed by atoms with Crippen molar-refractivity contribution in [3.05, 3.63) is 40.4 Å². The highest BCUT2D eigenvalue weighted by Crippen LogP contribution is 2.19. The van der Waals surface area contributed by atoms with Crippen LogP contribution in [-0.4, -0.2) is 15.6 Å². The monoisotopic (exact) mass is 325 g/mol. The molecule has 1 aromatic heterocycles. The molecule has 6 nitrogen and oxygen atoms in total. The van der Waals surface area contributed by atoms with Crippen LogP contribution in [0.2, 0.25) is 0 Å². The van der Waals surface area contributed by atoms with Gasteiger partial charge < -0.3 is 4.84 Å². The SMILES string of the molecule is CC(=O)ONn1c(C(C)Br)nc2ccccc2c1=O. The lowest BCUT2D eigenvalue weighted by atomic mass is 10.2. The Labute approximate surface area is 117 Å². The summed E-state index contributed by atoms with van der Waals surface area (Å²) >= 11 is 3.36. The molecule has 1 heterocycles. The summed E-state index contributed by atoms with van der Waals surface area (Å²) in [4.78, 5) is 32.0. The van der Waals surface area contributed by atoms with Gasteiger partial charge in [0.25, 0.3) is 5.56 Å². The fraction of sp³-hybridized carbons (Fsp3) is 0.250. The van der Waals surface area contributed by atoms with Crippen molar-refractivity contribution in [2.45, 2.75) is 18.7 Å². The minimum Gasteiger partial charge on any atom is -0.328 e. The molecule has 0 amide bonds. The van der Waals surface area contributed by atoms with Crippen molar-refractivity contribution in [1.29, 1.82) is 0 Å². The fourth-order valence-corrected chi connectivity index (χ4v) is 1.92. The normalized spacial score (nSPS) is 12.2. The number of hydrogen-bond donors (Lipinski definition) is 1. The molecule has 1 atom stereocenters. The lowest BCUT2D eigenvalue weighted by Crippen LogP contribution is -2.34. The van der Waals surface area contributed by atoms with Crippen LogP contribution in [0.3, 0.4) is 0 Å². The molecule has 7 heteroatoms. The summed E-state index contributed by atoms with van der Waals surface area (Å²) in [6.45, 7) is 3.06. The molecule has 0 spiro atoms. The number of carbonyl (C=O) groups excluding carboxylic acids is 1. The number of carbonyl (C=O) groups is 1. The molecule has 1 unspecified atom stereocenters. The van der Waals surface area contributed by atoms with Gasteiger partial charge in [0.05, 0.1) is 15.7 Å². The van der Waals surface area contributed by atoms with Gasteiger partial charge in [-0.2, -0.15) is 4.68 Å². The van der Waals surface area contributed by atoms with Crippen LogP contribution < -0.4 is 11.1 Å². The van der Waals surface area contributed by atoms with Crippen molar-refractivity contribution in [1.82, 2.24) is 9.66 Å². The van der Waals surface area contributed by atoms with E-state index in [1.54, 1.807) is 24.3 Å². The van der Waals surface area contributed by atoms with Gasteiger partial charge in [0.1, 0.15) is 5.82 Å². The van der Waals surface area contributed by atoms with Crippen LogP contribution in [0.25, 0.3) is 10.9 Å². The van der Waals surface area contributed by atoms with E-state index >= 15 is 0 Å². The van der Waals surface area contributed by atoms with E-state index < -0.39 is 5.97 Å². The third kappa shape index (κ3) is 2.76. The number of hydrogen-bond acceptors (Lipinski definition) is 5. The number of para-hydroxylation sites is 1. The summed E-state index contributed by atoms with van der Waals surface area (Å²) in [5, 5.41) is 0.444. The van der Waals surface area contributed by atoms with E-state index in [4.69, 9.17) is 0 Å². The molecule has 2 rings (SSSR count). The molecule has 0 aliphatic heterocycles. The van der Waals surface area contributed by atoms with E-state index in [9.17, 15) is 9.59 Å². The average Bonchev–Trinajstić information content (AvgIpc) is 2.37. The predicted molar refractivity (Wildman–Crippen MR) is 74.5 cm³/mol. The van der Waals surface area contributed by atoms with Crippen LogP contribution in [0.15, 0.2) is 29.1 Å². The van der Waals surface area contributed by atoms with Gasteiger partial charge >= 0.3 is 5.97 Å². The highest BCUT2D eigenvalue weighted by Gasteiger charge is 2.15. The molecule has 2 aromatic rings. The largest absolute Gasteiger partial charge is 0.331 e. The Morgan fingerprint density at radius 1 is 1.47 bits per heavy atom. The van der Waals surface area contributed by atoms with Crippen molar-refractivity contribution >= 4 is 32.8 Å². The van der Waals surface area contributed by atoms with Gasteiger partial charge in [-0.25, -0.2) is 9.78 Å². The minimum atomic E-state index is -0.548. The number of nitrogens with zero attached hydrogens (tertiary/aromatic N) is 2. The van der Waals surface area contributed by atoms with Crippen LogP contribution in [0.4, 0.5) is 0 Å². The van der Waals surface area contributed by atoms with Crippen molar-refractivity contribution in [2.24, 2.45) is 0 Å². The highest BCUT2D eigenvalue weighted by molar-refractivity contribution is 9.09. The van der Waals surface area contributed by atoms with Crippen LogP contribution in [-0.2, 0) is 9.63 Å². The maximum absolute atomic E-state index is 12.3. The second-order valence-corrected chi connectivity index (χ2v) is 5.30. The summed E-state index contributed by atoms with van der Waals surface area (Å²) in [6, 6.07) is 6.98. The van der Waals surface area contributed by atoms with Gasteiger partial charge in [0.2, 0.25) is 0 Å². The number of halogens is 1. The highest BCUT2D eigenvalue weighted by atomic mass is 79.9. The second kappa shape index (κ2) is 5.40. The van der Waals surface area contributed by atoms with Crippen molar-refractivity contribution < 1.29 is 9.63 Å². The standard InChI is InChI=1S/C12H12BrN3O3/c1-7(13)11-14-10-6-4-3-5-9(10)12(18)16(11)15-19-8(2)17/h3-7,15H,1-2H3. The molecule has 1 aromatic carbocycles. The number of nitrogens with one attached hydrogen (secondary N) is 1.